The molecule has 0 spiro atoms. The minimum atomic E-state index is -0.298. The van der Waals surface area contributed by atoms with Crippen LogP contribution in [0.4, 0.5) is 0 Å². The zero-order chi connectivity index (χ0) is 13.4. The average molecular weight is 275 g/mol. The first-order chi connectivity index (χ1) is 9.13. The fourth-order valence-electron chi connectivity index (χ4n) is 2.41. The molecule has 1 aliphatic rings. The topological polar surface area (TPSA) is 42.4 Å². The molecule has 19 heavy (non-hydrogen) atoms. The maximum Gasteiger partial charge on any atom is 0.140 e. The summed E-state index contributed by atoms with van der Waals surface area (Å²) in [5.74, 6) is 0.860. The highest BCUT2D eigenvalue weighted by molar-refractivity contribution is 7.11. The van der Waals surface area contributed by atoms with Gasteiger partial charge in [0.2, 0.25) is 0 Å². The average Bonchev–Trinajstić information content (AvgIpc) is 2.91. The van der Waals surface area contributed by atoms with Crippen LogP contribution < -0.4 is 4.74 Å². The first kappa shape index (κ1) is 12.6. The van der Waals surface area contributed by atoms with Gasteiger partial charge in [-0.3, -0.25) is 0 Å². The number of nitrogens with zero attached hydrogens (tertiary/aromatic N) is 1. The first-order valence-corrected chi connectivity index (χ1v) is 7.32. The van der Waals surface area contributed by atoms with Gasteiger partial charge in [0, 0.05) is 4.88 Å². The van der Waals surface area contributed by atoms with Gasteiger partial charge in [-0.15, -0.1) is 11.3 Å². The van der Waals surface area contributed by atoms with E-state index in [4.69, 9.17) is 4.74 Å². The van der Waals surface area contributed by atoms with Crippen LogP contribution in [0.1, 0.15) is 39.2 Å². The predicted octanol–water partition coefficient (Wildman–Crippen LogP) is 3.32. The van der Waals surface area contributed by atoms with Crippen LogP contribution in [-0.2, 0) is 13.0 Å². The van der Waals surface area contributed by atoms with E-state index in [1.807, 2.05) is 25.1 Å². The van der Waals surface area contributed by atoms with Gasteiger partial charge in [-0.25, -0.2) is 4.98 Å². The van der Waals surface area contributed by atoms with Crippen molar-refractivity contribution in [2.24, 2.45) is 0 Å². The Balaban J connectivity index is 1.71. The number of aryl methyl sites for hydroxylation is 3. The number of benzene rings is 1. The highest BCUT2D eigenvalue weighted by atomic mass is 32.1. The van der Waals surface area contributed by atoms with Crippen LogP contribution in [0.5, 0.6) is 5.75 Å². The van der Waals surface area contributed by atoms with Crippen molar-refractivity contribution in [1.29, 1.82) is 0 Å². The highest BCUT2D eigenvalue weighted by Crippen LogP contribution is 2.33. The molecule has 0 bridgehead atoms. The fourth-order valence-corrected chi connectivity index (χ4v) is 3.25. The van der Waals surface area contributed by atoms with Crippen LogP contribution in [0.15, 0.2) is 18.2 Å². The number of hydrogen-bond donors (Lipinski definition) is 1. The van der Waals surface area contributed by atoms with Crippen molar-refractivity contribution in [3.05, 3.63) is 44.9 Å². The molecule has 0 radical (unpaired) electrons. The normalized spacial score (nSPS) is 17.5. The molecule has 100 valence electrons. The third-order valence-corrected chi connectivity index (χ3v) is 4.64. The van der Waals surface area contributed by atoms with Crippen LogP contribution in [0.2, 0.25) is 0 Å². The molecule has 0 saturated carbocycles. The molecule has 0 saturated heterocycles. The number of thiazole rings is 1. The van der Waals surface area contributed by atoms with Gasteiger partial charge in [-0.1, -0.05) is 6.07 Å². The van der Waals surface area contributed by atoms with Gasteiger partial charge in [0.1, 0.15) is 17.4 Å². The maximum atomic E-state index is 9.76. The maximum absolute atomic E-state index is 9.76. The Kier molecular flexibility index (Phi) is 3.29. The summed E-state index contributed by atoms with van der Waals surface area (Å²) < 4.78 is 5.79. The summed E-state index contributed by atoms with van der Waals surface area (Å²) in [6, 6.07) is 5.94. The number of aliphatic hydroxyl groups excluding tert-OH is 1. The van der Waals surface area contributed by atoms with Crippen molar-refractivity contribution in [2.45, 2.75) is 39.4 Å². The number of ether oxygens (including phenoxy) is 1. The third-order valence-electron chi connectivity index (χ3n) is 3.60. The summed E-state index contributed by atoms with van der Waals surface area (Å²) in [6.07, 6.45) is 1.46. The summed E-state index contributed by atoms with van der Waals surface area (Å²) in [5.41, 5.74) is 3.34. The van der Waals surface area contributed by atoms with Gasteiger partial charge in [-0.2, -0.15) is 0 Å². The number of fused-ring (bicyclic) bond motifs is 1. The van der Waals surface area contributed by atoms with Crippen molar-refractivity contribution in [2.75, 3.05) is 0 Å². The molecule has 0 fully saturated rings. The Morgan fingerprint density at radius 2 is 2.26 bits per heavy atom. The van der Waals surface area contributed by atoms with Crippen LogP contribution >= 0.6 is 11.3 Å². The van der Waals surface area contributed by atoms with Gasteiger partial charge < -0.3 is 9.84 Å². The molecule has 1 aliphatic carbocycles. The number of rotatable bonds is 3. The SMILES string of the molecule is Cc1nc(COc2ccc3c(c2)CC[C@@H]3O)sc1C. The molecule has 3 rings (SSSR count). The van der Waals surface area contributed by atoms with Crippen LogP contribution in [0.25, 0.3) is 0 Å². The second-order valence-electron chi connectivity index (χ2n) is 4.95. The van der Waals surface area contributed by atoms with Crippen LogP contribution in [0, 0.1) is 13.8 Å². The first-order valence-electron chi connectivity index (χ1n) is 6.50. The zero-order valence-electron chi connectivity index (χ0n) is 11.1. The monoisotopic (exact) mass is 275 g/mol. The molecule has 0 amide bonds. The number of aromatic nitrogens is 1. The van der Waals surface area contributed by atoms with E-state index in [9.17, 15) is 5.11 Å². The molecule has 1 N–H and O–H groups in total. The van der Waals surface area contributed by atoms with Crippen molar-refractivity contribution < 1.29 is 9.84 Å². The lowest BCUT2D eigenvalue weighted by molar-refractivity contribution is 0.180. The summed E-state index contributed by atoms with van der Waals surface area (Å²) in [4.78, 5) is 5.71. The molecule has 0 aliphatic heterocycles. The van der Waals surface area contributed by atoms with E-state index in [1.54, 1.807) is 11.3 Å². The van der Waals surface area contributed by atoms with Crippen molar-refractivity contribution in [3.63, 3.8) is 0 Å². The Bertz CT molecular complexity index is 587. The fraction of sp³-hybridized carbons (Fsp3) is 0.400. The second kappa shape index (κ2) is 4.94. The molecule has 2 aromatic rings. The van der Waals surface area contributed by atoms with Crippen molar-refractivity contribution in [3.8, 4) is 5.75 Å². The minimum absolute atomic E-state index is 0.298. The van der Waals surface area contributed by atoms with E-state index in [2.05, 4.69) is 11.9 Å². The quantitative estimate of drug-likeness (QED) is 0.934. The number of aliphatic hydroxyl groups is 1. The van der Waals surface area contributed by atoms with Gasteiger partial charge in [0.15, 0.2) is 0 Å². The van der Waals surface area contributed by atoms with E-state index in [-0.39, 0.29) is 6.10 Å². The van der Waals surface area contributed by atoms with Crippen LogP contribution in [-0.4, -0.2) is 10.1 Å². The molecule has 3 nitrogen and oxygen atoms in total. The van der Waals surface area contributed by atoms with E-state index >= 15 is 0 Å². The molecule has 4 heteroatoms. The largest absolute Gasteiger partial charge is 0.486 e. The van der Waals surface area contributed by atoms with Gasteiger partial charge in [-0.05, 0) is 49.9 Å². The highest BCUT2D eigenvalue weighted by Gasteiger charge is 2.20. The minimum Gasteiger partial charge on any atom is -0.486 e. The van der Waals surface area contributed by atoms with E-state index in [0.29, 0.717) is 6.61 Å². The summed E-state index contributed by atoms with van der Waals surface area (Å²) in [5, 5.41) is 10.8. The Hall–Kier alpha value is -1.39. The van der Waals surface area contributed by atoms with Crippen molar-refractivity contribution in [1.82, 2.24) is 4.98 Å². The molecular weight excluding hydrogens is 258 g/mol. The van der Waals surface area contributed by atoms with E-state index in [0.717, 1.165) is 34.9 Å². The number of hydrogen-bond acceptors (Lipinski definition) is 4. The van der Waals surface area contributed by atoms with Gasteiger partial charge >= 0.3 is 0 Å². The van der Waals surface area contributed by atoms with Gasteiger partial charge in [0.05, 0.1) is 11.8 Å². The van der Waals surface area contributed by atoms with Crippen molar-refractivity contribution >= 4 is 11.3 Å². The smallest absolute Gasteiger partial charge is 0.140 e. The molecule has 1 aromatic carbocycles. The van der Waals surface area contributed by atoms with E-state index in [1.165, 1.54) is 10.4 Å². The lowest BCUT2D eigenvalue weighted by Gasteiger charge is -2.07. The second-order valence-corrected chi connectivity index (χ2v) is 6.24. The Morgan fingerprint density at radius 1 is 1.42 bits per heavy atom. The summed E-state index contributed by atoms with van der Waals surface area (Å²) in [6.45, 7) is 4.61. The molecular formula is C15H17NO2S. The molecule has 1 heterocycles. The Morgan fingerprint density at radius 3 is 3.00 bits per heavy atom. The lowest BCUT2D eigenvalue weighted by Crippen LogP contribution is -1.96. The molecule has 1 atom stereocenters. The van der Waals surface area contributed by atoms with E-state index < -0.39 is 0 Å². The van der Waals surface area contributed by atoms with Gasteiger partial charge in [0.25, 0.3) is 0 Å². The van der Waals surface area contributed by atoms with Crippen LogP contribution in [0.3, 0.4) is 0 Å². The summed E-state index contributed by atoms with van der Waals surface area (Å²) in [7, 11) is 0. The lowest BCUT2D eigenvalue weighted by atomic mass is 10.1. The molecule has 0 unspecified atom stereocenters. The Labute approximate surface area is 116 Å². The molecule has 1 aromatic heterocycles. The third kappa shape index (κ3) is 2.51. The standard InChI is InChI=1S/C15H17NO2S/c1-9-10(2)19-15(16-9)8-18-12-4-5-13-11(7-12)3-6-14(13)17/h4-5,7,14,17H,3,6,8H2,1-2H3/t14-/m0/s1. The predicted molar refractivity (Wildman–Crippen MR) is 75.6 cm³/mol. The summed E-state index contributed by atoms with van der Waals surface area (Å²) >= 11 is 1.68. The zero-order valence-corrected chi connectivity index (χ0v) is 12.0.